The molecule has 1 fully saturated rings. The van der Waals surface area contributed by atoms with Crippen LogP contribution in [0.4, 0.5) is 25.4 Å². The molecule has 4 aromatic rings. The van der Waals surface area contributed by atoms with Gasteiger partial charge in [0.1, 0.15) is 11.6 Å². The van der Waals surface area contributed by atoms with Crippen molar-refractivity contribution in [2.24, 2.45) is 0 Å². The van der Waals surface area contributed by atoms with Gasteiger partial charge in [0.15, 0.2) is 0 Å². The van der Waals surface area contributed by atoms with E-state index in [1.54, 1.807) is 16.9 Å². The maximum atomic E-state index is 13.7. The van der Waals surface area contributed by atoms with E-state index >= 15 is 0 Å². The highest BCUT2D eigenvalue weighted by atomic mass is 19.1. The molecule has 0 bridgehead atoms. The van der Waals surface area contributed by atoms with Crippen LogP contribution in [-0.2, 0) is 5.41 Å². The number of nitrogens with zero attached hydrogens (tertiary/aromatic N) is 2. The van der Waals surface area contributed by atoms with E-state index in [0.29, 0.717) is 43.9 Å². The Bertz CT molecular complexity index is 1560. The van der Waals surface area contributed by atoms with Crippen molar-refractivity contribution in [1.29, 1.82) is 0 Å². The van der Waals surface area contributed by atoms with Crippen LogP contribution in [0.25, 0.3) is 10.9 Å². The molecule has 0 aliphatic carbocycles. The molecule has 212 valence electrons. The summed E-state index contributed by atoms with van der Waals surface area (Å²) in [4.78, 5) is 33.7. The van der Waals surface area contributed by atoms with Gasteiger partial charge < -0.3 is 35.3 Å². The third kappa shape index (κ3) is 4.95. The number of aromatic amines is 1. The quantitative estimate of drug-likeness (QED) is 0.267. The Labute approximate surface area is 236 Å². The number of hydrogen-bond donors (Lipinski definition) is 4. The van der Waals surface area contributed by atoms with Gasteiger partial charge in [0.2, 0.25) is 0 Å². The first-order chi connectivity index (χ1) is 19.9. The van der Waals surface area contributed by atoms with Crippen molar-refractivity contribution in [2.75, 3.05) is 44.0 Å². The molecule has 41 heavy (non-hydrogen) atoms. The zero-order chi connectivity index (χ0) is 28.6. The highest BCUT2D eigenvalue weighted by molar-refractivity contribution is 5.93. The van der Waals surface area contributed by atoms with Crippen LogP contribution in [0.1, 0.15) is 30.1 Å². The predicted molar refractivity (Wildman–Crippen MR) is 155 cm³/mol. The van der Waals surface area contributed by atoms with E-state index in [1.165, 1.54) is 24.3 Å². The van der Waals surface area contributed by atoms with Gasteiger partial charge in [-0.2, -0.15) is 0 Å². The van der Waals surface area contributed by atoms with Crippen LogP contribution < -0.4 is 15.4 Å². The minimum Gasteiger partial charge on any atom is -0.497 e. The molecule has 0 saturated carbocycles. The fourth-order valence-electron chi connectivity index (χ4n) is 6.22. The summed E-state index contributed by atoms with van der Waals surface area (Å²) in [5.41, 5.74) is 3.44. The van der Waals surface area contributed by atoms with Gasteiger partial charge in [-0.05, 0) is 66.9 Å². The van der Waals surface area contributed by atoms with Gasteiger partial charge in [-0.1, -0.05) is 18.2 Å². The number of methoxy groups -OCH3 is 1. The third-order valence-corrected chi connectivity index (χ3v) is 8.31. The minimum absolute atomic E-state index is 0.162. The van der Waals surface area contributed by atoms with Gasteiger partial charge in [-0.3, -0.25) is 0 Å². The molecule has 1 spiro atoms. The van der Waals surface area contributed by atoms with Gasteiger partial charge >= 0.3 is 12.1 Å². The summed E-state index contributed by atoms with van der Waals surface area (Å²) >= 11 is 0. The molecule has 10 heteroatoms. The second-order valence-corrected chi connectivity index (χ2v) is 10.7. The van der Waals surface area contributed by atoms with Crippen molar-refractivity contribution in [3.8, 4) is 5.75 Å². The molecule has 2 aliphatic rings. The van der Waals surface area contributed by atoms with Gasteiger partial charge in [0.05, 0.1) is 19.8 Å². The van der Waals surface area contributed by atoms with Crippen LogP contribution in [0.15, 0.2) is 72.8 Å². The normalized spacial score (nSPS) is 17.8. The maximum Gasteiger partial charge on any atom is 0.322 e. The molecule has 9 nitrogen and oxygen atoms in total. The zero-order valence-electron chi connectivity index (χ0n) is 22.7. The fraction of sp³-hybridized carbons (Fsp3) is 0.290. The lowest BCUT2D eigenvalue weighted by atomic mass is 9.68. The number of likely N-dealkylation sites (tertiary alicyclic amines) is 1. The van der Waals surface area contributed by atoms with E-state index < -0.39 is 17.3 Å². The number of para-hydroxylation sites is 1. The van der Waals surface area contributed by atoms with Crippen molar-refractivity contribution in [3.05, 3.63) is 89.9 Å². The highest BCUT2D eigenvalue weighted by Gasteiger charge is 2.49. The molecule has 3 heterocycles. The molecular weight excluding hydrogens is 525 g/mol. The first-order valence-electron chi connectivity index (χ1n) is 13.7. The topological polar surface area (TPSA) is 110 Å². The van der Waals surface area contributed by atoms with Crippen LogP contribution in [0, 0.1) is 5.82 Å². The summed E-state index contributed by atoms with van der Waals surface area (Å²) in [6.45, 7) is 1.07. The summed E-state index contributed by atoms with van der Waals surface area (Å²) < 4.78 is 18.9. The standard InChI is InChI=1S/C31H32FN5O4/c1-41-23-11-12-24-25(17-23)35-28-26(18-38)37(30(40)34-22-9-7-20(32)8-10-22)19-31(27(24)28)13-15-36(16-14-31)29(39)33-21-5-3-2-4-6-21/h2-12,17,26,35,38H,13-16,18-19H2,1H3,(H,33,39)(H,34,40)/t26-/m1/s1. The Hall–Kier alpha value is -4.57. The van der Waals surface area contributed by atoms with Crippen molar-refractivity contribution >= 4 is 34.3 Å². The third-order valence-electron chi connectivity index (χ3n) is 8.31. The number of nitrogens with one attached hydrogen (secondary N) is 3. The molecule has 3 aromatic carbocycles. The molecule has 1 atom stereocenters. The van der Waals surface area contributed by atoms with Crippen molar-refractivity contribution in [2.45, 2.75) is 24.3 Å². The van der Waals surface area contributed by atoms with Crippen LogP contribution in [0.2, 0.25) is 0 Å². The number of ether oxygens (including phenoxy) is 1. The van der Waals surface area contributed by atoms with Crippen molar-refractivity contribution < 1.29 is 23.8 Å². The van der Waals surface area contributed by atoms with E-state index in [-0.39, 0.29) is 18.7 Å². The van der Waals surface area contributed by atoms with E-state index in [1.807, 2.05) is 48.5 Å². The summed E-state index contributed by atoms with van der Waals surface area (Å²) in [6, 6.07) is 19.6. The number of aromatic nitrogens is 1. The maximum absolute atomic E-state index is 13.7. The molecule has 1 aromatic heterocycles. The predicted octanol–water partition coefficient (Wildman–Crippen LogP) is 5.46. The SMILES string of the molecule is COc1ccc2c3c([nH]c2c1)[C@@H](CO)N(C(=O)Nc1ccc(F)cc1)CC31CCN(C(=O)Nc2ccccc2)CC1. The number of benzene rings is 3. The van der Waals surface area contributed by atoms with Crippen LogP contribution in [-0.4, -0.2) is 65.3 Å². The number of rotatable bonds is 4. The number of piperidine rings is 1. The monoisotopic (exact) mass is 557 g/mol. The molecular formula is C31H32FN5O4. The number of carbonyl (C=O) groups is 2. The average molecular weight is 558 g/mol. The minimum atomic E-state index is -0.617. The fourth-order valence-corrected chi connectivity index (χ4v) is 6.22. The van der Waals surface area contributed by atoms with Gasteiger partial charge in [0.25, 0.3) is 0 Å². The van der Waals surface area contributed by atoms with E-state index in [0.717, 1.165) is 27.8 Å². The lowest BCUT2D eigenvalue weighted by molar-refractivity contribution is 0.0801. The Morgan fingerprint density at radius 2 is 1.68 bits per heavy atom. The average Bonchev–Trinajstić information content (AvgIpc) is 3.39. The molecule has 1 saturated heterocycles. The van der Waals surface area contributed by atoms with Crippen LogP contribution in [0.5, 0.6) is 5.75 Å². The molecule has 4 N–H and O–H groups in total. The lowest BCUT2D eigenvalue weighted by Gasteiger charge is -2.50. The van der Waals surface area contributed by atoms with Gasteiger partial charge in [0, 0.05) is 59.1 Å². The second kappa shape index (κ2) is 10.8. The summed E-state index contributed by atoms with van der Waals surface area (Å²) in [5.74, 6) is 0.304. The number of urea groups is 2. The molecule has 0 radical (unpaired) electrons. The number of anilines is 2. The van der Waals surface area contributed by atoms with Crippen molar-refractivity contribution in [1.82, 2.24) is 14.8 Å². The van der Waals surface area contributed by atoms with Gasteiger partial charge in [-0.25, -0.2) is 14.0 Å². The smallest absolute Gasteiger partial charge is 0.322 e. The Morgan fingerprint density at radius 1 is 1.00 bits per heavy atom. The largest absolute Gasteiger partial charge is 0.497 e. The van der Waals surface area contributed by atoms with E-state index in [2.05, 4.69) is 15.6 Å². The molecule has 0 unspecified atom stereocenters. The zero-order valence-corrected chi connectivity index (χ0v) is 22.7. The number of H-pyrrole nitrogens is 1. The summed E-state index contributed by atoms with van der Waals surface area (Å²) in [5, 5.41) is 17.4. The Balaban J connectivity index is 1.34. The number of aliphatic hydroxyl groups is 1. The number of halogens is 1. The van der Waals surface area contributed by atoms with Crippen molar-refractivity contribution in [3.63, 3.8) is 0 Å². The van der Waals surface area contributed by atoms with E-state index in [9.17, 15) is 19.1 Å². The van der Waals surface area contributed by atoms with Crippen LogP contribution >= 0.6 is 0 Å². The summed E-state index contributed by atoms with van der Waals surface area (Å²) in [6.07, 6.45) is 1.25. The summed E-state index contributed by atoms with van der Waals surface area (Å²) in [7, 11) is 1.61. The molecule has 6 rings (SSSR count). The highest BCUT2D eigenvalue weighted by Crippen LogP contribution is 2.49. The first kappa shape index (κ1) is 26.6. The number of fused-ring (bicyclic) bond motifs is 4. The number of carbonyl (C=O) groups excluding carboxylic acids is 2. The van der Waals surface area contributed by atoms with Crippen LogP contribution in [0.3, 0.4) is 0 Å². The number of amides is 4. The number of hydrogen-bond acceptors (Lipinski definition) is 4. The molecule has 2 aliphatic heterocycles. The second-order valence-electron chi connectivity index (χ2n) is 10.7. The Kier molecular flexibility index (Phi) is 7.00. The van der Waals surface area contributed by atoms with E-state index in [4.69, 9.17) is 4.74 Å². The first-order valence-corrected chi connectivity index (χ1v) is 13.7. The Morgan fingerprint density at radius 3 is 2.37 bits per heavy atom. The molecule has 4 amide bonds. The van der Waals surface area contributed by atoms with Gasteiger partial charge in [-0.15, -0.1) is 0 Å². The lowest BCUT2D eigenvalue weighted by Crippen LogP contribution is -2.56. The number of aliphatic hydroxyl groups excluding tert-OH is 1.